The van der Waals surface area contributed by atoms with E-state index in [2.05, 4.69) is 19.0 Å². The van der Waals surface area contributed by atoms with Crippen LogP contribution in [0, 0.1) is 0 Å². The molecular weight excluding hydrogens is 304 g/mol. The summed E-state index contributed by atoms with van der Waals surface area (Å²) in [6, 6.07) is 6.17. The molecule has 0 N–H and O–H groups in total. The molecule has 1 aromatic rings. The van der Waals surface area contributed by atoms with Gasteiger partial charge < -0.3 is 19.3 Å². The predicted octanol–water partition coefficient (Wildman–Crippen LogP) is 2.41. The van der Waals surface area contributed by atoms with E-state index in [1.54, 1.807) is 0 Å². The molecule has 24 heavy (non-hydrogen) atoms. The number of rotatable bonds is 4. The van der Waals surface area contributed by atoms with E-state index < -0.39 is 0 Å². The summed E-state index contributed by atoms with van der Waals surface area (Å²) in [5, 5.41) is 0. The summed E-state index contributed by atoms with van der Waals surface area (Å²) in [5.41, 5.74) is 1.63. The van der Waals surface area contributed by atoms with Crippen molar-refractivity contribution < 1.29 is 14.3 Å². The Balaban J connectivity index is 1.77. The largest absolute Gasteiger partial charge is 0.494 e. The number of carbonyl (C=O) groups excluding carboxylic acids is 1. The van der Waals surface area contributed by atoms with Crippen molar-refractivity contribution in [3.8, 4) is 11.5 Å². The molecule has 1 unspecified atom stereocenters. The zero-order valence-electron chi connectivity index (χ0n) is 14.7. The van der Waals surface area contributed by atoms with Crippen LogP contribution < -0.4 is 9.47 Å². The lowest BCUT2D eigenvalue weighted by Gasteiger charge is -2.36. The Morgan fingerprint density at radius 1 is 1.42 bits per heavy atom. The van der Waals surface area contributed by atoms with E-state index in [4.69, 9.17) is 9.47 Å². The molecule has 0 aromatic heterocycles. The van der Waals surface area contributed by atoms with Crippen molar-refractivity contribution in [3.63, 3.8) is 0 Å². The number of hydrogen-bond donors (Lipinski definition) is 0. The summed E-state index contributed by atoms with van der Waals surface area (Å²) in [4.78, 5) is 17.0. The smallest absolute Gasteiger partial charge is 0.253 e. The number of benzene rings is 1. The van der Waals surface area contributed by atoms with Gasteiger partial charge in [0.2, 0.25) is 0 Å². The molecule has 1 amide bonds. The Hall–Kier alpha value is -2.01. The number of hydrogen-bond acceptors (Lipinski definition) is 4. The lowest BCUT2D eigenvalue weighted by molar-refractivity contribution is -0.129. The van der Waals surface area contributed by atoms with Crippen LogP contribution in [-0.4, -0.2) is 62.1 Å². The molecule has 2 heterocycles. The van der Waals surface area contributed by atoms with E-state index in [9.17, 15) is 4.79 Å². The van der Waals surface area contributed by atoms with Crippen LogP contribution in [0.1, 0.15) is 25.3 Å². The van der Waals surface area contributed by atoms with Crippen molar-refractivity contribution in [3.05, 3.63) is 29.3 Å². The molecule has 5 heteroatoms. The highest BCUT2D eigenvalue weighted by atomic mass is 16.5. The van der Waals surface area contributed by atoms with Gasteiger partial charge in [-0.15, -0.1) is 0 Å². The van der Waals surface area contributed by atoms with Crippen molar-refractivity contribution in [1.82, 2.24) is 9.80 Å². The molecule has 0 bridgehead atoms. The topological polar surface area (TPSA) is 42.0 Å². The van der Waals surface area contributed by atoms with Gasteiger partial charge in [-0.25, -0.2) is 0 Å². The standard InChI is InChI=1S/C19H26N2O3/c1-4-23-17-7-8-18-14(11-17)10-15(13-24-18)19(22)21-9-5-6-16(12-21)20(2)3/h7-8,10-11,16H,4-6,9,12-13H2,1-3H3. The van der Waals surface area contributed by atoms with Crippen LogP contribution in [0.5, 0.6) is 11.5 Å². The number of fused-ring (bicyclic) bond motifs is 1. The van der Waals surface area contributed by atoms with Gasteiger partial charge in [0.05, 0.1) is 12.2 Å². The van der Waals surface area contributed by atoms with Crippen molar-refractivity contribution in [2.75, 3.05) is 40.4 Å². The first-order valence-corrected chi connectivity index (χ1v) is 8.64. The fourth-order valence-electron chi connectivity index (χ4n) is 3.30. The van der Waals surface area contributed by atoms with Gasteiger partial charge in [-0.05, 0) is 58.1 Å². The SMILES string of the molecule is CCOc1ccc2c(c1)C=C(C(=O)N1CCCC(N(C)C)C1)CO2. The summed E-state index contributed by atoms with van der Waals surface area (Å²) >= 11 is 0. The zero-order chi connectivity index (χ0) is 17.1. The van der Waals surface area contributed by atoms with E-state index in [1.807, 2.05) is 36.1 Å². The Morgan fingerprint density at radius 2 is 2.25 bits per heavy atom. The minimum Gasteiger partial charge on any atom is -0.494 e. The average Bonchev–Trinajstić information content (AvgIpc) is 2.61. The van der Waals surface area contributed by atoms with Crippen LogP contribution in [-0.2, 0) is 4.79 Å². The quantitative estimate of drug-likeness (QED) is 0.850. The number of likely N-dealkylation sites (N-methyl/N-ethyl adjacent to an activating group) is 1. The Labute approximate surface area is 143 Å². The molecule has 5 nitrogen and oxygen atoms in total. The summed E-state index contributed by atoms with van der Waals surface area (Å²) < 4.78 is 11.3. The monoisotopic (exact) mass is 330 g/mol. The molecule has 0 saturated carbocycles. The lowest BCUT2D eigenvalue weighted by atomic mass is 10.0. The molecular formula is C19H26N2O3. The van der Waals surface area contributed by atoms with Crippen molar-refractivity contribution >= 4 is 12.0 Å². The minimum absolute atomic E-state index is 0.0917. The summed E-state index contributed by atoms with van der Waals surface area (Å²) in [6.07, 6.45) is 4.14. The van der Waals surface area contributed by atoms with Crippen molar-refractivity contribution in [2.45, 2.75) is 25.8 Å². The van der Waals surface area contributed by atoms with Crippen LogP contribution in [0.3, 0.4) is 0 Å². The van der Waals surface area contributed by atoms with Crippen LogP contribution in [0.25, 0.3) is 6.08 Å². The number of ether oxygens (including phenoxy) is 2. The zero-order valence-corrected chi connectivity index (χ0v) is 14.7. The molecule has 1 atom stereocenters. The maximum atomic E-state index is 12.9. The fraction of sp³-hybridized carbons (Fsp3) is 0.526. The van der Waals surface area contributed by atoms with Gasteiger partial charge in [-0.2, -0.15) is 0 Å². The number of amides is 1. The van der Waals surface area contributed by atoms with E-state index >= 15 is 0 Å². The maximum Gasteiger partial charge on any atom is 0.253 e. The minimum atomic E-state index is 0.0917. The van der Waals surface area contributed by atoms with Gasteiger partial charge in [0.1, 0.15) is 18.1 Å². The van der Waals surface area contributed by atoms with Gasteiger partial charge in [0, 0.05) is 24.7 Å². The molecule has 1 fully saturated rings. The molecule has 0 radical (unpaired) electrons. The molecule has 2 aliphatic heterocycles. The predicted molar refractivity (Wildman–Crippen MR) is 94.4 cm³/mol. The van der Waals surface area contributed by atoms with Crippen molar-refractivity contribution in [1.29, 1.82) is 0 Å². The average molecular weight is 330 g/mol. The van der Waals surface area contributed by atoms with Gasteiger partial charge in [-0.1, -0.05) is 0 Å². The van der Waals surface area contributed by atoms with Crippen LogP contribution in [0.4, 0.5) is 0 Å². The van der Waals surface area contributed by atoms with E-state index in [0.29, 0.717) is 19.3 Å². The molecule has 1 saturated heterocycles. The molecule has 3 rings (SSSR count). The lowest BCUT2D eigenvalue weighted by Crippen LogP contribution is -2.48. The summed E-state index contributed by atoms with van der Waals surface area (Å²) in [5.74, 6) is 1.70. The summed E-state index contributed by atoms with van der Waals surface area (Å²) in [6.45, 7) is 4.53. The molecule has 2 aliphatic rings. The summed E-state index contributed by atoms with van der Waals surface area (Å²) in [7, 11) is 4.15. The second-order valence-corrected chi connectivity index (χ2v) is 6.60. The molecule has 130 valence electrons. The second kappa shape index (κ2) is 7.26. The van der Waals surface area contributed by atoms with E-state index in [0.717, 1.165) is 48.6 Å². The normalized spacial score (nSPS) is 20.2. The van der Waals surface area contributed by atoms with Crippen molar-refractivity contribution in [2.24, 2.45) is 0 Å². The number of likely N-dealkylation sites (tertiary alicyclic amines) is 1. The first-order chi connectivity index (χ1) is 11.6. The first-order valence-electron chi connectivity index (χ1n) is 8.64. The number of carbonyl (C=O) groups is 1. The van der Waals surface area contributed by atoms with Crippen LogP contribution >= 0.6 is 0 Å². The highest BCUT2D eigenvalue weighted by Crippen LogP contribution is 2.31. The van der Waals surface area contributed by atoms with E-state index in [-0.39, 0.29) is 5.91 Å². The van der Waals surface area contributed by atoms with E-state index in [1.165, 1.54) is 0 Å². The highest BCUT2D eigenvalue weighted by Gasteiger charge is 2.28. The van der Waals surface area contributed by atoms with Gasteiger partial charge in [0.25, 0.3) is 5.91 Å². The van der Waals surface area contributed by atoms with Gasteiger partial charge in [-0.3, -0.25) is 4.79 Å². The molecule has 1 aromatic carbocycles. The Kier molecular flexibility index (Phi) is 5.09. The number of nitrogens with zero attached hydrogens (tertiary/aromatic N) is 2. The molecule has 0 spiro atoms. The second-order valence-electron chi connectivity index (χ2n) is 6.60. The molecule has 0 aliphatic carbocycles. The maximum absolute atomic E-state index is 12.9. The van der Waals surface area contributed by atoms with Gasteiger partial charge >= 0.3 is 0 Å². The Morgan fingerprint density at radius 3 is 3.00 bits per heavy atom. The third-order valence-electron chi connectivity index (χ3n) is 4.69. The Bertz CT molecular complexity index is 639. The van der Waals surface area contributed by atoms with Gasteiger partial charge in [0.15, 0.2) is 0 Å². The van der Waals surface area contributed by atoms with Crippen LogP contribution in [0.2, 0.25) is 0 Å². The van der Waals surface area contributed by atoms with Crippen LogP contribution in [0.15, 0.2) is 23.8 Å². The first kappa shape index (κ1) is 16.8. The fourth-order valence-corrected chi connectivity index (χ4v) is 3.30. The third-order valence-corrected chi connectivity index (χ3v) is 4.69. The third kappa shape index (κ3) is 3.56. The number of piperidine rings is 1. The highest BCUT2D eigenvalue weighted by molar-refractivity contribution is 5.99.